The van der Waals surface area contributed by atoms with Gasteiger partial charge >= 0.3 is 5.69 Å². The van der Waals surface area contributed by atoms with Crippen LogP contribution in [0.1, 0.15) is 24.2 Å². The van der Waals surface area contributed by atoms with E-state index in [-0.39, 0.29) is 13.1 Å². The number of rotatable bonds is 5. The normalized spacial score (nSPS) is 11.6. The first kappa shape index (κ1) is 16.5. The maximum Gasteiger partial charge on any atom is 0.307 e. The second kappa shape index (κ2) is 6.74. The van der Waals surface area contributed by atoms with Gasteiger partial charge in [-0.15, -0.1) is 0 Å². The second-order valence-corrected chi connectivity index (χ2v) is 4.41. The highest BCUT2D eigenvalue weighted by Gasteiger charge is 2.25. The van der Waals surface area contributed by atoms with Crippen molar-refractivity contribution in [3.8, 4) is 6.07 Å². The van der Waals surface area contributed by atoms with Gasteiger partial charge in [-0.3, -0.25) is 14.9 Å². The summed E-state index contributed by atoms with van der Waals surface area (Å²) in [7, 11) is 0. The van der Waals surface area contributed by atoms with Crippen molar-refractivity contribution in [1.82, 2.24) is 4.90 Å². The third-order valence-corrected chi connectivity index (χ3v) is 2.85. The molecule has 0 aliphatic heterocycles. The zero-order valence-corrected chi connectivity index (χ0v) is 11.5. The molecule has 1 atom stereocenters. The predicted molar refractivity (Wildman–Crippen MR) is 69.4 cm³/mol. The molecule has 1 rings (SSSR count). The van der Waals surface area contributed by atoms with E-state index in [1.165, 1.54) is 4.90 Å². The van der Waals surface area contributed by atoms with Crippen LogP contribution in [0.4, 0.5) is 14.5 Å². The lowest BCUT2D eigenvalue weighted by atomic mass is 10.1. The Morgan fingerprint density at radius 2 is 2.10 bits per heavy atom. The van der Waals surface area contributed by atoms with Crippen LogP contribution >= 0.6 is 0 Å². The van der Waals surface area contributed by atoms with Gasteiger partial charge in [0.1, 0.15) is 5.82 Å². The van der Waals surface area contributed by atoms with E-state index < -0.39 is 39.6 Å². The Hall–Kier alpha value is -2.56. The van der Waals surface area contributed by atoms with E-state index in [1.807, 2.05) is 6.07 Å². The SMILES string of the molecule is CCN(CC(C)C#N)C(=O)c1cc(F)c([N+](=O)[O-])cc1F. The van der Waals surface area contributed by atoms with Crippen LogP contribution < -0.4 is 0 Å². The van der Waals surface area contributed by atoms with Crippen LogP contribution in [0.2, 0.25) is 0 Å². The molecule has 8 heteroatoms. The lowest BCUT2D eigenvalue weighted by Gasteiger charge is -2.22. The molecule has 1 amide bonds. The highest BCUT2D eigenvalue weighted by atomic mass is 19.1. The van der Waals surface area contributed by atoms with E-state index in [1.54, 1.807) is 13.8 Å². The first-order valence-corrected chi connectivity index (χ1v) is 6.14. The Morgan fingerprint density at radius 1 is 1.48 bits per heavy atom. The molecule has 0 radical (unpaired) electrons. The molecule has 1 aromatic carbocycles. The van der Waals surface area contributed by atoms with Gasteiger partial charge in [-0.05, 0) is 19.9 Å². The summed E-state index contributed by atoms with van der Waals surface area (Å²) in [6, 6.07) is 2.82. The van der Waals surface area contributed by atoms with Crippen molar-refractivity contribution in [3.05, 3.63) is 39.4 Å². The summed E-state index contributed by atoms with van der Waals surface area (Å²) in [5, 5.41) is 19.2. The Bertz CT molecular complexity index is 613. The van der Waals surface area contributed by atoms with Gasteiger partial charge in [-0.1, -0.05) is 0 Å². The van der Waals surface area contributed by atoms with Crippen molar-refractivity contribution in [3.63, 3.8) is 0 Å². The summed E-state index contributed by atoms with van der Waals surface area (Å²) in [4.78, 5) is 22.7. The average molecular weight is 297 g/mol. The Morgan fingerprint density at radius 3 is 2.57 bits per heavy atom. The highest BCUT2D eigenvalue weighted by molar-refractivity contribution is 5.94. The van der Waals surface area contributed by atoms with Gasteiger partial charge in [0.05, 0.1) is 28.5 Å². The van der Waals surface area contributed by atoms with Crippen molar-refractivity contribution in [1.29, 1.82) is 5.26 Å². The number of carbonyl (C=O) groups is 1. The predicted octanol–water partition coefficient (Wildman–Crippen LogP) is 2.49. The third kappa shape index (κ3) is 3.72. The lowest BCUT2D eigenvalue weighted by molar-refractivity contribution is -0.387. The molecule has 0 aromatic heterocycles. The first-order valence-electron chi connectivity index (χ1n) is 6.14. The van der Waals surface area contributed by atoms with E-state index >= 15 is 0 Å². The fraction of sp³-hybridized carbons (Fsp3) is 0.385. The largest absolute Gasteiger partial charge is 0.338 e. The maximum absolute atomic E-state index is 13.8. The summed E-state index contributed by atoms with van der Waals surface area (Å²) < 4.78 is 27.3. The molecule has 0 bridgehead atoms. The number of hydrogen-bond acceptors (Lipinski definition) is 4. The summed E-state index contributed by atoms with van der Waals surface area (Å²) in [6.07, 6.45) is 0. The topological polar surface area (TPSA) is 87.2 Å². The van der Waals surface area contributed by atoms with Crippen LogP contribution in [0.3, 0.4) is 0 Å². The molecule has 6 nitrogen and oxygen atoms in total. The standard InChI is InChI=1S/C13H13F2N3O3/c1-3-17(7-8(2)6-16)13(19)9-4-11(15)12(18(20)21)5-10(9)14/h4-5,8H,3,7H2,1-2H3. The quantitative estimate of drug-likeness (QED) is 0.617. The van der Waals surface area contributed by atoms with E-state index in [2.05, 4.69) is 0 Å². The van der Waals surface area contributed by atoms with Crippen molar-refractivity contribution in [2.45, 2.75) is 13.8 Å². The number of carbonyl (C=O) groups excluding carboxylic acids is 1. The van der Waals surface area contributed by atoms with Crippen LogP contribution in [0.5, 0.6) is 0 Å². The molecule has 1 unspecified atom stereocenters. The van der Waals surface area contributed by atoms with Crippen molar-refractivity contribution in [2.75, 3.05) is 13.1 Å². The molecule has 112 valence electrons. The fourth-order valence-electron chi connectivity index (χ4n) is 1.74. The molecule has 0 spiro atoms. The molecule has 0 fully saturated rings. The molecule has 0 aliphatic carbocycles. The number of nitrogens with zero attached hydrogens (tertiary/aromatic N) is 3. The number of nitro benzene ring substituents is 1. The Labute approximate surface area is 119 Å². The summed E-state index contributed by atoms with van der Waals surface area (Å²) in [5.41, 5.74) is -1.62. The molecule has 21 heavy (non-hydrogen) atoms. The average Bonchev–Trinajstić information content (AvgIpc) is 2.45. The number of benzene rings is 1. The Balaban J connectivity index is 3.15. The minimum Gasteiger partial charge on any atom is -0.338 e. The molecule has 0 saturated carbocycles. The number of nitro groups is 1. The zero-order valence-electron chi connectivity index (χ0n) is 11.5. The van der Waals surface area contributed by atoms with Crippen LogP contribution in [0, 0.1) is 39.0 Å². The molecular weight excluding hydrogens is 284 g/mol. The minimum atomic E-state index is -1.28. The van der Waals surface area contributed by atoms with Gasteiger partial charge < -0.3 is 4.90 Å². The fourth-order valence-corrected chi connectivity index (χ4v) is 1.74. The number of halogens is 2. The minimum absolute atomic E-state index is 0.0594. The van der Waals surface area contributed by atoms with Gasteiger partial charge in [0.15, 0.2) is 0 Å². The molecule has 0 heterocycles. The smallest absolute Gasteiger partial charge is 0.307 e. The number of hydrogen-bond donors (Lipinski definition) is 0. The van der Waals surface area contributed by atoms with Crippen molar-refractivity contribution >= 4 is 11.6 Å². The third-order valence-electron chi connectivity index (χ3n) is 2.85. The van der Waals surface area contributed by atoms with Crippen LogP contribution in [0.15, 0.2) is 12.1 Å². The molecule has 0 N–H and O–H groups in total. The first-order chi connectivity index (χ1) is 9.81. The van der Waals surface area contributed by atoms with E-state index in [4.69, 9.17) is 5.26 Å². The van der Waals surface area contributed by atoms with E-state index in [0.29, 0.717) is 12.1 Å². The number of amides is 1. The van der Waals surface area contributed by atoms with E-state index in [0.717, 1.165) is 0 Å². The number of nitriles is 1. The van der Waals surface area contributed by atoms with Gasteiger partial charge in [0.2, 0.25) is 5.82 Å². The van der Waals surface area contributed by atoms with Crippen LogP contribution in [-0.4, -0.2) is 28.8 Å². The zero-order chi connectivity index (χ0) is 16.2. The maximum atomic E-state index is 13.8. The Kier molecular flexibility index (Phi) is 5.30. The van der Waals surface area contributed by atoms with Crippen LogP contribution in [-0.2, 0) is 0 Å². The molecule has 0 aliphatic rings. The van der Waals surface area contributed by atoms with Gasteiger partial charge in [-0.2, -0.15) is 9.65 Å². The summed E-state index contributed by atoms with van der Waals surface area (Å²) in [5.74, 6) is -3.74. The van der Waals surface area contributed by atoms with E-state index in [9.17, 15) is 23.7 Å². The summed E-state index contributed by atoms with van der Waals surface area (Å²) in [6.45, 7) is 3.47. The monoisotopic (exact) mass is 297 g/mol. The second-order valence-electron chi connectivity index (χ2n) is 4.41. The molecule has 0 saturated heterocycles. The van der Waals surface area contributed by atoms with Gasteiger partial charge in [0, 0.05) is 13.1 Å². The lowest BCUT2D eigenvalue weighted by Crippen LogP contribution is -2.35. The molecular formula is C13H13F2N3O3. The van der Waals surface area contributed by atoms with Crippen molar-refractivity contribution in [2.24, 2.45) is 5.92 Å². The summed E-state index contributed by atoms with van der Waals surface area (Å²) >= 11 is 0. The van der Waals surface area contributed by atoms with Crippen molar-refractivity contribution < 1.29 is 18.5 Å². The van der Waals surface area contributed by atoms with Gasteiger partial charge in [0.25, 0.3) is 5.91 Å². The highest BCUT2D eigenvalue weighted by Crippen LogP contribution is 2.22. The molecule has 1 aromatic rings. The van der Waals surface area contributed by atoms with Crippen LogP contribution in [0.25, 0.3) is 0 Å². The van der Waals surface area contributed by atoms with Gasteiger partial charge in [-0.25, -0.2) is 4.39 Å².